The third-order valence-electron chi connectivity index (χ3n) is 5.62. The lowest BCUT2D eigenvalue weighted by molar-refractivity contribution is -0.132. The molecule has 1 aliphatic heterocycles. The van der Waals surface area contributed by atoms with E-state index in [1.54, 1.807) is 6.20 Å². The van der Waals surface area contributed by atoms with Gasteiger partial charge in [-0.15, -0.1) is 0 Å². The topological polar surface area (TPSA) is 45.7 Å². The van der Waals surface area contributed by atoms with E-state index in [-0.39, 0.29) is 11.8 Å². The number of aryl methyl sites for hydroxylation is 1. The predicted molar refractivity (Wildman–Crippen MR) is 106 cm³/mol. The lowest BCUT2D eigenvalue weighted by Gasteiger charge is -2.32. The minimum absolute atomic E-state index is 0.115. The molecule has 0 saturated carbocycles. The number of carbonyl (C=O) groups is 1. The van der Waals surface area contributed by atoms with Gasteiger partial charge in [-0.1, -0.05) is 24.3 Å². The number of likely N-dealkylation sites (N-methyl/N-ethyl adjacent to an activating group) is 1. The number of nitrogens with zero attached hydrogens (tertiary/aromatic N) is 3. The SMILES string of the molecule is CN(Cc1ccccc1N1CCOCC1)C(=O)C1CCCc2cccnc21. The number of anilines is 1. The van der Waals surface area contributed by atoms with Crippen LogP contribution in [0.15, 0.2) is 42.6 Å². The highest BCUT2D eigenvalue weighted by Crippen LogP contribution is 2.32. The van der Waals surface area contributed by atoms with Crippen LogP contribution in [0.4, 0.5) is 5.69 Å². The van der Waals surface area contributed by atoms with Crippen molar-refractivity contribution in [2.45, 2.75) is 31.7 Å². The Hall–Kier alpha value is -2.40. The van der Waals surface area contributed by atoms with Crippen LogP contribution in [0.25, 0.3) is 0 Å². The highest BCUT2D eigenvalue weighted by atomic mass is 16.5. The number of ether oxygens (including phenoxy) is 1. The molecule has 1 aromatic heterocycles. The van der Waals surface area contributed by atoms with Gasteiger partial charge in [0.1, 0.15) is 0 Å². The van der Waals surface area contributed by atoms with E-state index in [1.165, 1.54) is 16.8 Å². The number of fused-ring (bicyclic) bond motifs is 1. The van der Waals surface area contributed by atoms with Crippen molar-refractivity contribution >= 4 is 11.6 Å². The molecule has 0 bridgehead atoms. The Labute approximate surface area is 161 Å². The molecule has 5 nitrogen and oxygen atoms in total. The second kappa shape index (κ2) is 8.09. The van der Waals surface area contributed by atoms with Crippen LogP contribution in [-0.2, 0) is 22.5 Å². The summed E-state index contributed by atoms with van der Waals surface area (Å²) >= 11 is 0. The summed E-state index contributed by atoms with van der Waals surface area (Å²) in [5.41, 5.74) is 4.60. The van der Waals surface area contributed by atoms with Crippen molar-refractivity contribution in [3.05, 3.63) is 59.4 Å². The Kier molecular flexibility index (Phi) is 5.39. The molecule has 1 aliphatic carbocycles. The second-order valence-corrected chi connectivity index (χ2v) is 7.42. The summed E-state index contributed by atoms with van der Waals surface area (Å²) in [6, 6.07) is 12.5. The molecule has 142 valence electrons. The van der Waals surface area contributed by atoms with Gasteiger partial charge in [-0.05, 0) is 42.5 Å². The summed E-state index contributed by atoms with van der Waals surface area (Å²) < 4.78 is 5.48. The van der Waals surface area contributed by atoms with Crippen molar-refractivity contribution in [3.63, 3.8) is 0 Å². The second-order valence-electron chi connectivity index (χ2n) is 7.42. The lowest BCUT2D eigenvalue weighted by atomic mass is 9.85. The number of morpholine rings is 1. The number of hydrogen-bond acceptors (Lipinski definition) is 4. The summed E-state index contributed by atoms with van der Waals surface area (Å²) in [6.07, 6.45) is 4.76. The van der Waals surface area contributed by atoms with Gasteiger partial charge < -0.3 is 14.5 Å². The van der Waals surface area contributed by atoms with Crippen LogP contribution < -0.4 is 4.90 Å². The normalized spacial score (nSPS) is 19.4. The maximum Gasteiger partial charge on any atom is 0.231 e. The Morgan fingerprint density at radius 3 is 2.89 bits per heavy atom. The zero-order valence-corrected chi connectivity index (χ0v) is 15.9. The fourth-order valence-electron chi connectivity index (χ4n) is 4.21. The number of benzene rings is 1. The molecule has 27 heavy (non-hydrogen) atoms. The summed E-state index contributed by atoms with van der Waals surface area (Å²) in [6.45, 7) is 3.93. The van der Waals surface area contributed by atoms with Crippen molar-refractivity contribution < 1.29 is 9.53 Å². The first-order chi connectivity index (χ1) is 13.2. The van der Waals surface area contributed by atoms with Gasteiger partial charge in [-0.25, -0.2) is 0 Å². The van der Waals surface area contributed by atoms with Crippen molar-refractivity contribution in [1.29, 1.82) is 0 Å². The third-order valence-corrected chi connectivity index (χ3v) is 5.62. The highest BCUT2D eigenvalue weighted by molar-refractivity contribution is 5.83. The summed E-state index contributed by atoms with van der Waals surface area (Å²) in [5.74, 6) is 0.0573. The zero-order chi connectivity index (χ0) is 18.6. The van der Waals surface area contributed by atoms with Crippen molar-refractivity contribution in [2.24, 2.45) is 0 Å². The van der Waals surface area contributed by atoms with Crippen molar-refractivity contribution in [3.8, 4) is 0 Å². The number of amides is 1. The molecule has 5 heteroatoms. The monoisotopic (exact) mass is 365 g/mol. The van der Waals surface area contributed by atoms with E-state index in [1.807, 2.05) is 18.0 Å². The van der Waals surface area contributed by atoms with Gasteiger partial charge in [-0.3, -0.25) is 9.78 Å². The van der Waals surface area contributed by atoms with Crippen LogP contribution in [0.3, 0.4) is 0 Å². The summed E-state index contributed by atoms with van der Waals surface area (Å²) in [5, 5.41) is 0. The summed E-state index contributed by atoms with van der Waals surface area (Å²) in [7, 11) is 1.91. The van der Waals surface area contributed by atoms with Gasteiger partial charge in [0.05, 0.1) is 24.8 Å². The van der Waals surface area contributed by atoms with Gasteiger partial charge in [0.2, 0.25) is 5.91 Å². The molecular weight excluding hydrogens is 338 g/mol. The van der Waals surface area contributed by atoms with Crippen LogP contribution in [-0.4, -0.2) is 49.1 Å². The molecule has 1 unspecified atom stereocenters. The average Bonchev–Trinajstić information content (AvgIpc) is 2.74. The Morgan fingerprint density at radius 1 is 1.22 bits per heavy atom. The van der Waals surface area contributed by atoms with Crippen molar-refractivity contribution in [2.75, 3.05) is 38.3 Å². The standard InChI is InChI=1S/C22H27N3O2/c1-24(22(26)19-9-4-7-17-8-5-11-23-21(17)19)16-18-6-2-3-10-20(18)25-12-14-27-15-13-25/h2-3,5-6,8,10-11,19H,4,7,9,12-16H2,1H3. The molecule has 1 atom stereocenters. The number of para-hydroxylation sites is 1. The quantitative estimate of drug-likeness (QED) is 0.836. The zero-order valence-electron chi connectivity index (χ0n) is 15.9. The molecule has 1 saturated heterocycles. The van der Waals surface area contributed by atoms with E-state index in [0.29, 0.717) is 6.54 Å². The molecular formula is C22H27N3O2. The number of pyridine rings is 1. The van der Waals surface area contributed by atoms with E-state index >= 15 is 0 Å². The molecule has 0 spiro atoms. The van der Waals surface area contributed by atoms with Crippen LogP contribution >= 0.6 is 0 Å². The molecule has 4 rings (SSSR count). The minimum Gasteiger partial charge on any atom is -0.378 e. The largest absolute Gasteiger partial charge is 0.378 e. The van der Waals surface area contributed by atoms with E-state index in [9.17, 15) is 4.79 Å². The third kappa shape index (κ3) is 3.83. The molecule has 1 amide bonds. The fourth-order valence-corrected chi connectivity index (χ4v) is 4.21. The Morgan fingerprint density at radius 2 is 2.04 bits per heavy atom. The lowest BCUT2D eigenvalue weighted by Crippen LogP contribution is -2.38. The van der Waals surface area contributed by atoms with Crippen LogP contribution in [0.5, 0.6) is 0 Å². The smallest absolute Gasteiger partial charge is 0.231 e. The number of aromatic nitrogens is 1. The first kappa shape index (κ1) is 18.0. The van der Waals surface area contributed by atoms with Crippen LogP contribution in [0, 0.1) is 0 Å². The van der Waals surface area contributed by atoms with Crippen molar-refractivity contribution in [1.82, 2.24) is 9.88 Å². The Bertz CT molecular complexity index is 802. The minimum atomic E-state index is -0.115. The first-order valence-electron chi connectivity index (χ1n) is 9.83. The molecule has 2 aromatic rings. The van der Waals surface area contributed by atoms with Gasteiger partial charge >= 0.3 is 0 Å². The van der Waals surface area contributed by atoms with E-state index < -0.39 is 0 Å². The van der Waals surface area contributed by atoms with E-state index in [2.05, 4.69) is 40.2 Å². The molecule has 1 fully saturated rings. The first-order valence-corrected chi connectivity index (χ1v) is 9.83. The predicted octanol–water partition coefficient (Wildman–Crippen LogP) is 3.00. The molecule has 0 radical (unpaired) electrons. The maximum absolute atomic E-state index is 13.2. The van der Waals surface area contributed by atoms with Gasteiger partial charge in [0.15, 0.2) is 0 Å². The van der Waals surface area contributed by atoms with Crippen LogP contribution in [0.1, 0.15) is 35.6 Å². The number of carbonyl (C=O) groups excluding carboxylic acids is 1. The molecule has 2 heterocycles. The van der Waals surface area contributed by atoms with Gasteiger partial charge in [0, 0.05) is 38.6 Å². The highest BCUT2D eigenvalue weighted by Gasteiger charge is 2.30. The summed E-state index contributed by atoms with van der Waals surface area (Å²) in [4.78, 5) is 22.0. The Balaban J connectivity index is 1.52. The van der Waals surface area contributed by atoms with Crippen LogP contribution in [0.2, 0.25) is 0 Å². The maximum atomic E-state index is 13.2. The number of hydrogen-bond donors (Lipinski definition) is 0. The molecule has 0 N–H and O–H groups in total. The average molecular weight is 365 g/mol. The van der Waals surface area contributed by atoms with E-state index in [0.717, 1.165) is 51.3 Å². The molecule has 2 aliphatic rings. The molecule has 1 aromatic carbocycles. The van der Waals surface area contributed by atoms with Gasteiger partial charge in [0.25, 0.3) is 0 Å². The van der Waals surface area contributed by atoms with E-state index in [4.69, 9.17) is 4.74 Å². The van der Waals surface area contributed by atoms with Gasteiger partial charge in [-0.2, -0.15) is 0 Å². The fraction of sp³-hybridized carbons (Fsp3) is 0.455. The number of rotatable bonds is 4.